The van der Waals surface area contributed by atoms with Gasteiger partial charge in [0.25, 0.3) is 0 Å². The summed E-state index contributed by atoms with van der Waals surface area (Å²) in [6.45, 7) is 3.64. The molecule has 0 radical (unpaired) electrons. The molecule has 0 bridgehead atoms. The Hall–Kier alpha value is -2.63. The average molecular weight is 337 g/mol. The maximum absolute atomic E-state index is 12.9. The van der Waals surface area contributed by atoms with Gasteiger partial charge < -0.3 is 9.30 Å². The third-order valence-corrected chi connectivity index (χ3v) is 4.96. The Bertz CT molecular complexity index is 867. The van der Waals surface area contributed by atoms with E-state index < -0.39 is 0 Å². The second kappa shape index (κ2) is 6.70. The minimum atomic E-state index is 0.165. The van der Waals surface area contributed by atoms with E-state index in [0.29, 0.717) is 6.42 Å². The molecule has 1 amide bonds. The predicted octanol–water partition coefficient (Wildman–Crippen LogP) is 2.46. The summed E-state index contributed by atoms with van der Waals surface area (Å²) in [6.07, 6.45) is 11.3. The lowest BCUT2D eigenvalue weighted by atomic mass is 10.0. The molecule has 0 spiro atoms. The van der Waals surface area contributed by atoms with Crippen molar-refractivity contribution >= 4 is 11.6 Å². The van der Waals surface area contributed by atoms with Crippen LogP contribution in [0.25, 0.3) is 5.65 Å². The number of carbonyl (C=O) groups is 1. The van der Waals surface area contributed by atoms with Gasteiger partial charge in [-0.1, -0.05) is 6.07 Å². The van der Waals surface area contributed by atoms with Crippen LogP contribution in [-0.4, -0.2) is 42.6 Å². The second-order valence-electron chi connectivity index (χ2n) is 6.80. The van der Waals surface area contributed by atoms with Crippen LogP contribution >= 0.6 is 0 Å². The number of hydrogen-bond donors (Lipinski definition) is 0. The second-order valence-corrected chi connectivity index (χ2v) is 6.80. The van der Waals surface area contributed by atoms with Crippen LogP contribution in [0.5, 0.6) is 0 Å². The van der Waals surface area contributed by atoms with Crippen molar-refractivity contribution in [1.82, 2.24) is 24.1 Å². The van der Waals surface area contributed by atoms with Gasteiger partial charge in [-0.3, -0.25) is 9.48 Å². The Morgan fingerprint density at radius 3 is 3.00 bits per heavy atom. The van der Waals surface area contributed by atoms with E-state index in [-0.39, 0.29) is 11.9 Å². The van der Waals surface area contributed by atoms with Gasteiger partial charge in [0, 0.05) is 31.3 Å². The fourth-order valence-electron chi connectivity index (χ4n) is 3.69. The van der Waals surface area contributed by atoms with Crippen LogP contribution in [0, 0.1) is 6.92 Å². The third kappa shape index (κ3) is 3.29. The van der Waals surface area contributed by atoms with Gasteiger partial charge in [-0.25, -0.2) is 4.98 Å². The van der Waals surface area contributed by atoms with Gasteiger partial charge in [0.15, 0.2) is 0 Å². The zero-order valence-corrected chi connectivity index (χ0v) is 14.5. The van der Waals surface area contributed by atoms with Crippen molar-refractivity contribution < 1.29 is 4.79 Å². The van der Waals surface area contributed by atoms with Gasteiger partial charge >= 0.3 is 0 Å². The molecule has 1 atom stereocenters. The number of likely N-dealkylation sites (tertiary alicyclic amines) is 1. The first-order chi connectivity index (χ1) is 12.2. The average Bonchev–Trinajstić information content (AvgIpc) is 3.25. The van der Waals surface area contributed by atoms with Crippen LogP contribution in [0.1, 0.15) is 30.5 Å². The van der Waals surface area contributed by atoms with E-state index in [0.717, 1.165) is 42.8 Å². The van der Waals surface area contributed by atoms with E-state index in [1.807, 2.05) is 57.7 Å². The lowest BCUT2D eigenvalue weighted by Gasteiger charge is -2.35. The predicted molar refractivity (Wildman–Crippen MR) is 95.2 cm³/mol. The lowest BCUT2D eigenvalue weighted by molar-refractivity contribution is -0.134. The Labute approximate surface area is 147 Å². The number of imidazole rings is 1. The Kier molecular flexibility index (Phi) is 4.26. The van der Waals surface area contributed by atoms with Gasteiger partial charge in [-0.05, 0) is 43.9 Å². The normalized spacial score (nSPS) is 18.0. The molecule has 6 nitrogen and oxygen atoms in total. The van der Waals surface area contributed by atoms with Crippen molar-refractivity contribution in [3.63, 3.8) is 0 Å². The van der Waals surface area contributed by atoms with Crippen LogP contribution in [0.2, 0.25) is 0 Å². The molecule has 0 N–H and O–H groups in total. The van der Waals surface area contributed by atoms with Crippen molar-refractivity contribution in [3.8, 4) is 0 Å². The zero-order chi connectivity index (χ0) is 17.2. The number of fused-ring (bicyclic) bond motifs is 1. The third-order valence-electron chi connectivity index (χ3n) is 4.96. The summed E-state index contributed by atoms with van der Waals surface area (Å²) in [7, 11) is 0. The van der Waals surface area contributed by atoms with Gasteiger partial charge in [-0.2, -0.15) is 5.10 Å². The molecule has 4 rings (SSSR count). The summed E-state index contributed by atoms with van der Waals surface area (Å²) in [5.41, 5.74) is 2.88. The van der Waals surface area contributed by atoms with Crippen LogP contribution in [0.4, 0.5) is 0 Å². The Morgan fingerprint density at radius 1 is 1.28 bits per heavy atom. The summed E-state index contributed by atoms with van der Waals surface area (Å²) >= 11 is 0. The topological polar surface area (TPSA) is 55.4 Å². The fourth-order valence-corrected chi connectivity index (χ4v) is 3.69. The number of carbonyl (C=O) groups excluding carboxylic acids is 1. The number of aryl methyl sites for hydroxylation is 1. The SMILES string of the molecule is Cc1cccn2cc(CC(=O)N3CCCC[C@@H]3Cn3cccn3)nc12. The van der Waals surface area contributed by atoms with Crippen molar-refractivity contribution in [1.29, 1.82) is 0 Å². The minimum absolute atomic E-state index is 0.165. The molecule has 4 heterocycles. The highest BCUT2D eigenvalue weighted by Gasteiger charge is 2.27. The molecule has 1 fully saturated rings. The lowest BCUT2D eigenvalue weighted by Crippen LogP contribution is -2.46. The maximum atomic E-state index is 12.9. The number of nitrogens with zero attached hydrogens (tertiary/aromatic N) is 5. The van der Waals surface area contributed by atoms with E-state index in [1.165, 1.54) is 6.42 Å². The summed E-state index contributed by atoms with van der Waals surface area (Å²) in [5.74, 6) is 0.165. The molecule has 25 heavy (non-hydrogen) atoms. The molecule has 130 valence electrons. The van der Waals surface area contributed by atoms with Crippen LogP contribution in [0.15, 0.2) is 43.0 Å². The van der Waals surface area contributed by atoms with Crippen LogP contribution in [0.3, 0.4) is 0 Å². The highest BCUT2D eigenvalue weighted by Crippen LogP contribution is 2.20. The molecule has 1 saturated heterocycles. The van der Waals surface area contributed by atoms with Gasteiger partial charge in [0.1, 0.15) is 5.65 Å². The van der Waals surface area contributed by atoms with E-state index in [9.17, 15) is 4.79 Å². The number of pyridine rings is 1. The van der Waals surface area contributed by atoms with E-state index in [1.54, 1.807) is 6.20 Å². The van der Waals surface area contributed by atoms with Crippen molar-refractivity contribution in [2.75, 3.05) is 6.54 Å². The Balaban J connectivity index is 1.50. The maximum Gasteiger partial charge on any atom is 0.228 e. The summed E-state index contributed by atoms with van der Waals surface area (Å²) in [4.78, 5) is 19.6. The summed E-state index contributed by atoms with van der Waals surface area (Å²) in [5, 5.41) is 4.29. The van der Waals surface area contributed by atoms with Crippen molar-refractivity contribution in [2.45, 2.75) is 45.2 Å². The molecule has 1 aliphatic rings. The minimum Gasteiger partial charge on any atom is -0.338 e. The molecule has 0 aromatic carbocycles. The van der Waals surface area contributed by atoms with Crippen LogP contribution in [-0.2, 0) is 17.8 Å². The number of piperidine rings is 1. The molecule has 0 saturated carbocycles. The molecular weight excluding hydrogens is 314 g/mol. The standard InChI is InChI=1S/C19H23N5O/c1-15-6-4-9-22-13-16(21-19(15)22)12-18(25)24-11-3-2-7-17(24)14-23-10-5-8-20-23/h4-6,8-10,13,17H,2-3,7,11-12,14H2,1H3/t17-/m1/s1. The quantitative estimate of drug-likeness (QED) is 0.735. The molecule has 0 aliphatic carbocycles. The molecule has 3 aromatic rings. The number of rotatable bonds is 4. The number of aromatic nitrogens is 4. The first kappa shape index (κ1) is 15.9. The number of amides is 1. The van der Waals surface area contributed by atoms with Gasteiger partial charge in [0.05, 0.1) is 24.7 Å². The molecule has 6 heteroatoms. The van der Waals surface area contributed by atoms with Crippen LogP contribution < -0.4 is 0 Å². The van der Waals surface area contributed by atoms with Gasteiger partial charge in [0.2, 0.25) is 5.91 Å². The van der Waals surface area contributed by atoms with E-state index in [4.69, 9.17) is 0 Å². The van der Waals surface area contributed by atoms with E-state index in [2.05, 4.69) is 10.1 Å². The molecular formula is C19H23N5O. The molecule has 0 unspecified atom stereocenters. The molecule has 1 aliphatic heterocycles. The monoisotopic (exact) mass is 337 g/mol. The summed E-state index contributed by atoms with van der Waals surface area (Å²) in [6, 6.07) is 6.19. The Morgan fingerprint density at radius 2 is 2.20 bits per heavy atom. The fraction of sp³-hybridized carbons (Fsp3) is 0.421. The zero-order valence-electron chi connectivity index (χ0n) is 14.5. The summed E-state index contributed by atoms with van der Waals surface area (Å²) < 4.78 is 3.92. The number of hydrogen-bond acceptors (Lipinski definition) is 3. The largest absolute Gasteiger partial charge is 0.338 e. The smallest absolute Gasteiger partial charge is 0.228 e. The van der Waals surface area contributed by atoms with Crippen molar-refractivity contribution in [3.05, 3.63) is 54.2 Å². The highest BCUT2D eigenvalue weighted by atomic mass is 16.2. The first-order valence-corrected chi connectivity index (χ1v) is 8.91. The van der Waals surface area contributed by atoms with Crippen molar-refractivity contribution in [2.24, 2.45) is 0 Å². The first-order valence-electron chi connectivity index (χ1n) is 8.91. The highest BCUT2D eigenvalue weighted by molar-refractivity contribution is 5.79. The van der Waals surface area contributed by atoms with E-state index >= 15 is 0 Å². The van der Waals surface area contributed by atoms with Gasteiger partial charge in [-0.15, -0.1) is 0 Å². The molecule has 3 aromatic heterocycles.